The molecule has 2 aromatic rings. The molecule has 0 spiro atoms. The Balaban J connectivity index is 1.47. The molecule has 0 N–H and O–H groups in total. The molecule has 0 aliphatic carbocycles. The smallest absolute Gasteiger partial charge is 0.294 e. The summed E-state index contributed by atoms with van der Waals surface area (Å²) in [4.78, 5) is 41.3. The van der Waals surface area contributed by atoms with Crippen LogP contribution < -0.4 is 9.47 Å². The van der Waals surface area contributed by atoms with Gasteiger partial charge in [-0.25, -0.2) is 0 Å². The van der Waals surface area contributed by atoms with Crippen LogP contribution in [0.1, 0.15) is 36.8 Å². The molecule has 190 valence electrons. The zero-order valence-corrected chi connectivity index (χ0v) is 23.0. The summed E-state index contributed by atoms with van der Waals surface area (Å²) in [7, 11) is 1.53. The van der Waals surface area contributed by atoms with Gasteiger partial charge in [0, 0.05) is 22.6 Å². The van der Waals surface area contributed by atoms with Crippen molar-refractivity contribution in [2.75, 3.05) is 26.7 Å². The van der Waals surface area contributed by atoms with Crippen LogP contribution in [0.25, 0.3) is 6.08 Å². The van der Waals surface area contributed by atoms with E-state index in [1.807, 2.05) is 12.1 Å². The molecular weight excluding hydrogens is 568 g/mol. The monoisotopic (exact) mass is 592 g/mol. The van der Waals surface area contributed by atoms with Crippen molar-refractivity contribution in [2.24, 2.45) is 0 Å². The number of amides is 3. The van der Waals surface area contributed by atoms with Crippen molar-refractivity contribution in [3.05, 3.63) is 61.9 Å². The van der Waals surface area contributed by atoms with E-state index in [4.69, 9.17) is 21.1 Å². The SMILES string of the molecule is COc1cc(C=C2SC(=O)N(CC(=O)N3CCCCCC3)C2=O)c(Br)cc1OCc1ccc(Cl)cc1. The Morgan fingerprint density at radius 2 is 1.78 bits per heavy atom. The Morgan fingerprint density at radius 1 is 1.08 bits per heavy atom. The molecule has 2 aromatic carbocycles. The fraction of sp³-hybridized carbons (Fsp3) is 0.346. The number of ether oxygens (including phenoxy) is 2. The van der Waals surface area contributed by atoms with E-state index in [1.54, 1.807) is 35.2 Å². The number of methoxy groups -OCH3 is 1. The molecule has 7 nitrogen and oxygen atoms in total. The summed E-state index contributed by atoms with van der Waals surface area (Å²) in [5, 5.41) is 0.208. The maximum atomic E-state index is 13.0. The van der Waals surface area contributed by atoms with E-state index in [-0.39, 0.29) is 17.4 Å². The van der Waals surface area contributed by atoms with Crippen molar-refractivity contribution in [3.63, 3.8) is 0 Å². The first-order valence-corrected chi connectivity index (χ1v) is 13.6. The third-order valence-corrected chi connectivity index (χ3v) is 7.85. The lowest BCUT2D eigenvalue weighted by Gasteiger charge is -2.22. The van der Waals surface area contributed by atoms with Gasteiger partial charge < -0.3 is 14.4 Å². The van der Waals surface area contributed by atoms with Crippen LogP contribution >= 0.6 is 39.3 Å². The van der Waals surface area contributed by atoms with Crippen LogP contribution in [0.2, 0.25) is 5.02 Å². The first-order valence-electron chi connectivity index (χ1n) is 11.6. The van der Waals surface area contributed by atoms with E-state index in [0.717, 1.165) is 47.9 Å². The van der Waals surface area contributed by atoms with Crippen LogP contribution in [0.15, 0.2) is 45.8 Å². The van der Waals surface area contributed by atoms with Crippen LogP contribution in [0.5, 0.6) is 11.5 Å². The highest BCUT2D eigenvalue weighted by molar-refractivity contribution is 9.10. The highest BCUT2D eigenvalue weighted by Gasteiger charge is 2.37. The topological polar surface area (TPSA) is 76.2 Å². The highest BCUT2D eigenvalue weighted by atomic mass is 79.9. The minimum absolute atomic E-state index is 0.189. The summed E-state index contributed by atoms with van der Waals surface area (Å²) in [5.74, 6) is 0.342. The van der Waals surface area contributed by atoms with Crippen molar-refractivity contribution in [1.29, 1.82) is 0 Å². The normalized spacial score (nSPS) is 17.5. The number of carbonyl (C=O) groups is 3. The second kappa shape index (κ2) is 12.2. The molecule has 0 aromatic heterocycles. The van der Waals surface area contributed by atoms with Crippen LogP contribution in [0, 0.1) is 0 Å². The molecular formula is C26H26BrClN2O5S. The number of likely N-dealkylation sites (tertiary alicyclic amines) is 1. The van der Waals surface area contributed by atoms with Gasteiger partial charge in [-0.05, 0) is 66.1 Å². The summed E-state index contributed by atoms with van der Waals surface area (Å²) in [5.41, 5.74) is 1.60. The van der Waals surface area contributed by atoms with E-state index < -0.39 is 11.1 Å². The Labute approximate surface area is 227 Å². The fourth-order valence-electron chi connectivity index (χ4n) is 4.01. The standard InChI is InChI=1S/C26H26BrClN2O5S/c1-34-21-12-18(20(27)14-22(21)35-16-17-6-8-19(28)9-7-17)13-23-25(32)30(26(33)36-23)15-24(31)29-10-4-2-3-5-11-29/h6-9,12-14H,2-5,10-11,15-16H2,1H3. The fourth-order valence-corrected chi connectivity index (χ4v) is 5.40. The van der Waals surface area contributed by atoms with E-state index in [2.05, 4.69) is 15.9 Å². The number of benzene rings is 2. The number of imide groups is 1. The largest absolute Gasteiger partial charge is 0.493 e. The van der Waals surface area contributed by atoms with Crippen molar-refractivity contribution in [1.82, 2.24) is 9.80 Å². The Bertz CT molecular complexity index is 1180. The molecule has 0 radical (unpaired) electrons. The maximum absolute atomic E-state index is 13.0. The molecule has 3 amide bonds. The zero-order chi connectivity index (χ0) is 25.7. The maximum Gasteiger partial charge on any atom is 0.294 e. The van der Waals surface area contributed by atoms with Crippen molar-refractivity contribution < 1.29 is 23.9 Å². The first-order chi connectivity index (χ1) is 17.4. The van der Waals surface area contributed by atoms with E-state index in [0.29, 0.717) is 46.3 Å². The molecule has 0 unspecified atom stereocenters. The van der Waals surface area contributed by atoms with Gasteiger partial charge in [-0.3, -0.25) is 19.3 Å². The van der Waals surface area contributed by atoms with Gasteiger partial charge in [-0.15, -0.1) is 0 Å². The quantitative estimate of drug-likeness (QED) is 0.360. The molecule has 36 heavy (non-hydrogen) atoms. The number of hydrogen-bond acceptors (Lipinski definition) is 6. The molecule has 0 saturated carbocycles. The summed E-state index contributed by atoms with van der Waals surface area (Å²) >= 11 is 10.3. The lowest BCUT2D eigenvalue weighted by molar-refractivity contribution is -0.135. The lowest BCUT2D eigenvalue weighted by atomic mass is 10.1. The summed E-state index contributed by atoms with van der Waals surface area (Å²) in [6.45, 7) is 1.43. The molecule has 2 aliphatic heterocycles. The predicted octanol–water partition coefficient (Wildman–Crippen LogP) is 6.13. The minimum Gasteiger partial charge on any atom is -0.493 e. The second-order valence-electron chi connectivity index (χ2n) is 8.50. The molecule has 4 rings (SSSR count). The average Bonchev–Trinajstić information content (AvgIpc) is 3.05. The van der Waals surface area contributed by atoms with Gasteiger partial charge in [0.2, 0.25) is 5.91 Å². The van der Waals surface area contributed by atoms with Crippen molar-refractivity contribution >= 4 is 62.4 Å². The molecule has 2 fully saturated rings. The Kier molecular flexibility index (Phi) is 8.98. The average molecular weight is 594 g/mol. The molecule has 2 aliphatic rings. The summed E-state index contributed by atoms with van der Waals surface area (Å²) in [6, 6.07) is 10.8. The molecule has 2 heterocycles. The number of hydrogen-bond donors (Lipinski definition) is 0. The van der Waals surface area contributed by atoms with Crippen molar-refractivity contribution in [3.8, 4) is 11.5 Å². The first kappa shape index (κ1) is 26.6. The Hall–Kier alpha value is -2.49. The minimum atomic E-state index is -0.470. The van der Waals surface area contributed by atoms with Crippen LogP contribution in [0.4, 0.5) is 4.79 Å². The highest BCUT2D eigenvalue weighted by Crippen LogP contribution is 2.38. The van der Waals surface area contributed by atoms with Gasteiger partial charge in [-0.1, -0.05) is 52.5 Å². The summed E-state index contributed by atoms with van der Waals surface area (Å²) in [6.07, 6.45) is 5.71. The van der Waals surface area contributed by atoms with E-state index in [9.17, 15) is 14.4 Å². The molecule has 2 saturated heterocycles. The number of rotatable bonds is 7. The number of thioether (sulfide) groups is 1. The molecule has 0 bridgehead atoms. The van der Waals surface area contributed by atoms with Gasteiger partial charge in [0.05, 0.1) is 12.0 Å². The third kappa shape index (κ3) is 6.44. The molecule has 0 atom stereocenters. The second-order valence-corrected chi connectivity index (χ2v) is 10.8. The van der Waals surface area contributed by atoms with Crippen LogP contribution in [-0.2, 0) is 16.2 Å². The van der Waals surface area contributed by atoms with E-state index in [1.165, 1.54) is 7.11 Å². The van der Waals surface area contributed by atoms with Gasteiger partial charge in [-0.2, -0.15) is 0 Å². The van der Waals surface area contributed by atoms with Gasteiger partial charge in [0.15, 0.2) is 11.5 Å². The van der Waals surface area contributed by atoms with E-state index >= 15 is 0 Å². The predicted molar refractivity (Wildman–Crippen MR) is 144 cm³/mol. The van der Waals surface area contributed by atoms with Gasteiger partial charge in [0.1, 0.15) is 13.2 Å². The lowest BCUT2D eigenvalue weighted by Crippen LogP contribution is -2.42. The Morgan fingerprint density at radius 3 is 2.44 bits per heavy atom. The van der Waals surface area contributed by atoms with Crippen LogP contribution in [0.3, 0.4) is 0 Å². The summed E-state index contributed by atoms with van der Waals surface area (Å²) < 4.78 is 12.1. The van der Waals surface area contributed by atoms with Gasteiger partial charge >= 0.3 is 0 Å². The number of nitrogens with zero attached hydrogens (tertiary/aromatic N) is 2. The van der Waals surface area contributed by atoms with Crippen molar-refractivity contribution in [2.45, 2.75) is 32.3 Å². The third-order valence-electron chi connectivity index (χ3n) is 6.00. The van der Waals surface area contributed by atoms with Crippen LogP contribution in [-0.4, -0.2) is 53.6 Å². The number of carbonyl (C=O) groups excluding carboxylic acids is 3. The van der Waals surface area contributed by atoms with Gasteiger partial charge in [0.25, 0.3) is 11.1 Å². The molecule has 10 heteroatoms. The zero-order valence-electron chi connectivity index (χ0n) is 19.8. The number of halogens is 2.